The molecule has 0 aliphatic rings. The third-order valence-corrected chi connectivity index (χ3v) is 2.48. The van der Waals surface area contributed by atoms with Crippen molar-refractivity contribution in [1.29, 1.82) is 0 Å². The molecule has 5 nitrogen and oxygen atoms in total. The minimum Gasteiger partial charge on any atom is -0.379 e. The highest BCUT2D eigenvalue weighted by molar-refractivity contribution is 5.86. The van der Waals surface area contributed by atoms with E-state index in [4.69, 9.17) is 21.6 Å². The highest BCUT2D eigenvalue weighted by Gasteiger charge is 2.06. The number of hydrogen-bond acceptors (Lipinski definition) is 4. The van der Waals surface area contributed by atoms with Gasteiger partial charge in [0.1, 0.15) is 0 Å². The molecule has 0 saturated carbocycles. The third kappa shape index (κ3) is 5.40. The van der Waals surface area contributed by atoms with Crippen molar-refractivity contribution in [2.45, 2.75) is 6.04 Å². The van der Waals surface area contributed by atoms with Gasteiger partial charge < -0.3 is 16.7 Å². The smallest absolute Gasteiger partial charge is 0.152 e. The lowest BCUT2D eigenvalue weighted by molar-refractivity contribution is 0.312. The molecule has 5 N–H and O–H groups in total. The zero-order valence-electron chi connectivity index (χ0n) is 10.1. The number of nitrogens with zero attached hydrogens (tertiary/aromatic N) is 1. The first-order valence-corrected chi connectivity index (χ1v) is 5.14. The van der Waals surface area contributed by atoms with Gasteiger partial charge in [-0.1, -0.05) is 42.5 Å². The third-order valence-electron chi connectivity index (χ3n) is 2.48. The Labute approximate surface area is 123 Å². The summed E-state index contributed by atoms with van der Waals surface area (Å²) in [5.74, 6) is 0. The normalized spacial score (nSPS) is 10.2. The molecule has 0 fully saturated rings. The van der Waals surface area contributed by atoms with E-state index < -0.39 is 0 Å². The van der Waals surface area contributed by atoms with Crippen molar-refractivity contribution in [2.24, 2.45) is 16.8 Å². The summed E-state index contributed by atoms with van der Waals surface area (Å²) in [5.41, 5.74) is 12.6. The molecule has 1 unspecified atom stereocenters. The maximum atomic E-state index is 8.11. The van der Waals surface area contributed by atoms with Gasteiger partial charge in [0.15, 0.2) is 5.34 Å². The van der Waals surface area contributed by atoms with Gasteiger partial charge in [-0.25, -0.2) is 0 Å². The fourth-order valence-corrected chi connectivity index (χ4v) is 1.70. The van der Waals surface area contributed by atoms with Crippen LogP contribution in [0.25, 0.3) is 10.8 Å². The Morgan fingerprint density at radius 3 is 2.21 bits per heavy atom. The van der Waals surface area contributed by atoms with Gasteiger partial charge in [-0.3, -0.25) is 0 Å². The monoisotopic (exact) mass is 305 g/mol. The summed E-state index contributed by atoms with van der Waals surface area (Å²) in [7, 11) is 0. The highest BCUT2D eigenvalue weighted by Crippen LogP contribution is 2.22. The second-order valence-corrected chi connectivity index (χ2v) is 3.49. The topological polar surface area (TPSA) is 102 Å². The van der Waals surface area contributed by atoms with E-state index in [1.807, 2.05) is 24.3 Å². The molecule has 2 aromatic rings. The van der Waals surface area contributed by atoms with Crippen molar-refractivity contribution in [1.82, 2.24) is 0 Å². The van der Waals surface area contributed by atoms with Gasteiger partial charge in [-0.15, -0.1) is 29.7 Å². The van der Waals surface area contributed by atoms with E-state index in [2.05, 4.69) is 18.2 Å². The van der Waals surface area contributed by atoms with Gasteiger partial charge in [0.05, 0.1) is 0 Å². The molecule has 0 radical (unpaired) electrons. The van der Waals surface area contributed by atoms with Crippen LogP contribution in [0.15, 0.2) is 47.8 Å². The number of fused-ring (bicyclic) bond motifs is 1. The first kappa shape index (κ1) is 19.9. The Balaban J connectivity index is 0. The summed E-state index contributed by atoms with van der Waals surface area (Å²) in [5, 5.41) is 10.3. The van der Waals surface area contributed by atoms with Crippen LogP contribution in [0.3, 0.4) is 0 Å². The number of nitrogens with two attached hydrogens (primary N) is 2. The Bertz CT molecular complexity index is 492. The van der Waals surface area contributed by atoms with Crippen LogP contribution in [0.4, 0.5) is 0 Å². The number of rotatable bonds is 2. The Hall–Kier alpha value is -1.40. The summed E-state index contributed by atoms with van der Waals surface area (Å²) < 4.78 is 0. The van der Waals surface area contributed by atoms with Crippen LogP contribution in [0, 0.1) is 4.91 Å². The molecular weight excluding hydrogens is 289 g/mol. The molecule has 2 aromatic carbocycles. The van der Waals surface area contributed by atoms with Crippen molar-refractivity contribution >= 4 is 35.6 Å². The van der Waals surface area contributed by atoms with Gasteiger partial charge in [-0.05, 0) is 16.3 Å². The molecule has 1 atom stereocenters. The van der Waals surface area contributed by atoms with E-state index in [1.54, 1.807) is 0 Å². The molecule has 0 saturated heterocycles. The first-order chi connectivity index (χ1) is 8.24. The van der Waals surface area contributed by atoms with Crippen LogP contribution in [-0.2, 0) is 0 Å². The van der Waals surface area contributed by atoms with Crippen molar-refractivity contribution in [2.75, 3.05) is 6.54 Å². The second kappa shape index (κ2) is 10.5. The molecule has 0 aromatic heterocycles. The average Bonchev–Trinajstić information content (AvgIpc) is 2.38. The van der Waals surface area contributed by atoms with Crippen LogP contribution >= 0.6 is 24.8 Å². The van der Waals surface area contributed by atoms with Gasteiger partial charge in [-0.2, -0.15) is 0 Å². The lowest BCUT2D eigenvalue weighted by Gasteiger charge is -2.12. The summed E-state index contributed by atoms with van der Waals surface area (Å²) in [6.07, 6.45) is 0. The quantitative estimate of drug-likeness (QED) is 0.586. The molecule has 0 aliphatic heterocycles. The molecule has 7 heteroatoms. The van der Waals surface area contributed by atoms with Crippen LogP contribution < -0.4 is 11.5 Å². The fourth-order valence-electron chi connectivity index (χ4n) is 1.70. The fraction of sp³-hybridized carbons (Fsp3) is 0.167. The predicted octanol–water partition coefficient (Wildman–Crippen LogP) is 2.78. The van der Waals surface area contributed by atoms with Crippen molar-refractivity contribution in [3.63, 3.8) is 0 Å². The van der Waals surface area contributed by atoms with Gasteiger partial charge in [0.2, 0.25) is 0 Å². The van der Waals surface area contributed by atoms with Gasteiger partial charge >= 0.3 is 0 Å². The van der Waals surface area contributed by atoms with Crippen molar-refractivity contribution < 1.29 is 5.21 Å². The molecule has 19 heavy (non-hydrogen) atoms. The first-order valence-electron chi connectivity index (χ1n) is 5.14. The Kier molecular flexibility index (Phi) is 11.0. The van der Waals surface area contributed by atoms with Crippen molar-refractivity contribution in [3.8, 4) is 0 Å². The summed E-state index contributed by atoms with van der Waals surface area (Å²) in [6, 6.07) is 14.3. The zero-order chi connectivity index (χ0) is 12.7. The molecule has 0 spiro atoms. The van der Waals surface area contributed by atoms with Crippen LogP contribution in [0.1, 0.15) is 11.6 Å². The van der Waals surface area contributed by atoms with E-state index in [9.17, 15) is 0 Å². The van der Waals surface area contributed by atoms with Crippen LogP contribution in [0.5, 0.6) is 0 Å². The van der Waals surface area contributed by atoms with Crippen LogP contribution in [-0.4, -0.2) is 11.8 Å². The predicted molar refractivity (Wildman–Crippen MR) is 82.0 cm³/mol. The van der Waals surface area contributed by atoms with E-state index in [1.165, 1.54) is 16.1 Å². The lowest BCUT2D eigenvalue weighted by Crippen LogP contribution is -2.20. The SMILES string of the molecule is Cl.Cl.NCC(N)c1cccc2ccccc12.O=NO. The standard InChI is InChI=1S/C12H14N2.2ClH.HNO2/c13-8-12(14)11-7-3-5-9-4-1-2-6-10(9)11;;;2-1-3/h1-7,12H,8,13-14H2;2*1H;(H,2,3). The minimum atomic E-state index is -0.0684. The number of halogens is 2. The van der Waals surface area contributed by atoms with E-state index in [-0.39, 0.29) is 30.9 Å². The second-order valence-electron chi connectivity index (χ2n) is 3.49. The van der Waals surface area contributed by atoms with E-state index in [0.717, 1.165) is 5.56 Å². The molecule has 0 bridgehead atoms. The highest BCUT2D eigenvalue weighted by atomic mass is 35.5. The number of benzene rings is 2. The number of hydrogen-bond donors (Lipinski definition) is 3. The molecule has 0 aliphatic carbocycles. The average molecular weight is 306 g/mol. The molecule has 106 valence electrons. The lowest BCUT2D eigenvalue weighted by atomic mass is 9.99. The van der Waals surface area contributed by atoms with E-state index >= 15 is 0 Å². The largest absolute Gasteiger partial charge is 0.379 e. The Morgan fingerprint density at radius 1 is 1.11 bits per heavy atom. The maximum Gasteiger partial charge on any atom is 0.152 e. The van der Waals surface area contributed by atoms with Gasteiger partial charge in [0, 0.05) is 12.6 Å². The zero-order valence-corrected chi connectivity index (χ0v) is 11.7. The van der Waals surface area contributed by atoms with E-state index in [0.29, 0.717) is 6.54 Å². The molecule has 0 amide bonds. The molecule has 0 heterocycles. The van der Waals surface area contributed by atoms with Gasteiger partial charge in [0.25, 0.3) is 0 Å². The summed E-state index contributed by atoms with van der Waals surface area (Å²) in [4.78, 5) is 8.11. The molecule has 2 rings (SSSR count). The summed E-state index contributed by atoms with van der Waals surface area (Å²) >= 11 is 0. The van der Waals surface area contributed by atoms with Crippen molar-refractivity contribution in [3.05, 3.63) is 52.9 Å². The minimum absolute atomic E-state index is 0. The molecular formula is C12H17Cl2N3O2. The maximum absolute atomic E-state index is 8.11. The Morgan fingerprint density at radius 2 is 1.63 bits per heavy atom. The summed E-state index contributed by atoms with van der Waals surface area (Å²) in [6.45, 7) is 0.480. The van der Waals surface area contributed by atoms with Crippen LogP contribution in [0.2, 0.25) is 0 Å².